The fourth-order valence-corrected chi connectivity index (χ4v) is 2.67. The average Bonchev–Trinajstić information content (AvgIpc) is 2.16. The van der Waals surface area contributed by atoms with E-state index in [9.17, 15) is 0 Å². The summed E-state index contributed by atoms with van der Waals surface area (Å²) in [5, 5.41) is 6.86. The zero-order valence-electron chi connectivity index (χ0n) is 10.9. The summed E-state index contributed by atoms with van der Waals surface area (Å²) in [5.41, 5.74) is 0.546. The van der Waals surface area contributed by atoms with Crippen LogP contribution in [0, 0.1) is 11.3 Å². The molecule has 0 spiro atoms. The highest BCUT2D eigenvalue weighted by Crippen LogP contribution is 2.39. The molecule has 0 saturated heterocycles. The van der Waals surface area contributed by atoms with Crippen molar-refractivity contribution in [2.24, 2.45) is 11.3 Å². The van der Waals surface area contributed by atoms with Crippen LogP contribution in [0.1, 0.15) is 46.5 Å². The van der Waals surface area contributed by atoms with Gasteiger partial charge in [0.15, 0.2) is 0 Å². The van der Waals surface area contributed by atoms with Gasteiger partial charge in [-0.2, -0.15) is 0 Å². The molecule has 2 N–H and O–H groups in total. The Balaban J connectivity index is 2.30. The molecular weight excluding hydrogens is 184 g/mol. The van der Waals surface area contributed by atoms with E-state index in [4.69, 9.17) is 0 Å². The molecule has 0 amide bonds. The first-order valence-electron chi connectivity index (χ1n) is 6.44. The third-order valence-corrected chi connectivity index (χ3v) is 3.95. The van der Waals surface area contributed by atoms with Crippen LogP contribution in [-0.2, 0) is 0 Å². The maximum absolute atomic E-state index is 3.65. The molecule has 2 heteroatoms. The predicted molar refractivity (Wildman–Crippen MR) is 67.1 cm³/mol. The Hall–Kier alpha value is -0.0800. The van der Waals surface area contributed by atoms with Crippen molar-refractivity contribution < 1.29 is 0 Å². The number of hydrogen-bond donors (Lipinski definition) is 2. The Morgan fingerprint density at radius 2 is 2.07 bits per heavy atom. The van der Waals surface area contributed by atoms with Gasteiger partial charge in [0.1, 0.15) is 0 Å². The second kappa shape index (κ2) is 5.86. The van der Waals surface area contributed by atoms with Crippen LogP contribution in [0.25, 0.3) is 0 Å². The molecule has 0 heterocycles. The molecule has 1 fully saturated rings. The SMILES string of the molecule is CNCC(C)NCC1CCCCC1(C)C. The summed E-state index contributed by atoms with van der Waals surface area (Å²) in [4.78, 5) is 0. The van der Waals surface area contributed by atoms with Gasteiger partial charge in [-0.05, 0) is 44.7 Å². The molecule has 0 aliphatic heterocycles. The molecule has 90 valence electrons. The first-order chi connectivity index (χ1) is 7.06. The van der Waals surface area contributed by atoms with Crippen LogP contribution in [0.2, 0.25) is 0 Å². The molecule has 1 saturated carbocycles. The largest absolute Gasteiger partial charge is 0.318 e. The highest BCUT2D eigenvalue weighted by Gasteiger charge is 2.31. The highest BCUT2D eigenvalue weighted by atomic mass is 15.0. The number of rotatable bonds is 5. The first-order valence-corrected chi connectivity index (χ1v) is 6.44. The van der Waals surface area contributed by atoms with Crippen molar-refractivity contribution in [3.63, 3.8) is 0 Å². The summed E-state index contributed by atoms with van der Waals surface area (Å²) in [5.74, 6) is 0.866. The van der Waals surface area contributed by atoms with E-state index in [-0.39, 0.29) is 0 Å². The summed E-state index contributed by atoms with van der Waals surface area (Å²) in [6.07, 6.45) is 5.66. The lowest BCUT2D eigenvalue weighted by atomic mass is 9.69. The minimum atomic E-state index is 0.546. The highest BCUT2D eigenvalue weighted by molar-refractivity contribution is 4.84. The molecule has 0 aromatic rings. The molecule has 2 atom stereocenters. The fraction of sp³-hybridized carbons (Fsp3) is 1.00. The van der Waals surface area contributed by atoms with Crippen molar-refractivity contribution in [1.82, 2.24) is 10.6 Å². The first kappa shape index (κ1) is 13.0. The lowest BCUT2D eigenvalue weighted by Crippen LogP contribution is -2.42. The van der Waals surface area contributed by atoms with Crippen molar-refractivity contribution in [3.8, 4) is 0 Å². The van der Waals surface area contributed by atoms with E-state index in [1.165, 1.54) is 32.2 Å². The topological polar surface area (TPSA) is 24.1 Å². The number of nitrogens with one attached hydrogen (secondary N) is 2. The van der Waals surface area contributed by atoms with Crippen molar-refractivity contribution >= 4 is 0 Å². The van der Waals surface area contributed by atoms with Crippen LogP contribution in [0.5, 0.6) is 0 Å². The van der Waals surface area contributed by atoms with Crippen molar-refractivity contribution in [2.75, 3.05) is 20.1 Å². The number of likely N-dealkylation sites (N-methyl/N-ethyl adjacent to an activating group) is 1. The van der Waals surface area contributed by atoms with Gasteiger partial charge in [0.05, 0.1) is 0 Å². The lowest BCUT2D eigenvalue weighted by Gasteiger charge is -2.39. The lowest BCUT2D eigenvalue weighted by molar-refractivity contribution is 0.133. The zero-order chi connectivity index (χ0) is 11.3. The standard InChI is InChI=1S/C13H28N2/c1-11(9-14-4)15-10-12-7-5-6-8-13(12,2)3/h11-12,14-15H,5-10H2,1-4H3. The third kappa shape index (κ3) is 4.12. The van der Waals surface area contributed by atoms with Crippen molar-refractivity contribution in [1.29, 1.82) is 0 Å². The van der Waals surface area contributed by atoms with Crippen molar-refractivity contribution in [2.45, 2.75) is 52.5 Å². The second-order valence-corrected chi connectivity index (χ2v) is 5.80. The molecule has 1 rings (SSSR count). The van der Waals surface area contributed by atoms with Gasteiger partial charge in [0, 0.05) is 12.6 Å². The smallest absolute Gasteiger partial charge is 0.0164 e. The van der Waals surface area contributed by atoms with E-state index in [1.807, 2.05) is 7.05 Å². The molecule has 0 aromatic carbocycles. The van der Waals surface area contributed by atoms with Gasteiger partial charge in [0.25, 0.3) is 0 Å². The van der Waals surface area contributed by atoms with E-state index < -0.39 is 0 Å². The Bertz CT molecular complexity index is 177. The van der Waals surface area contributed by atoms with Crippen LogP contribution in [0.15, 0.2) is 0 Å². The Morgan fingerprint density at radius 3 is 2.67 bits per heavy atom. The van der Waals surface area contributed by atoms with Gasteiger partial charge >= 0.3 is 0 Å². The molecule has 2 unspecified atom stereocenters. The molecule has 1 aliphatic carbocycles. The van der Waals surface area contributed by atoms with Gasteiger partial charge in [-0.25, -0.2) is 0 Å². The molecule has 15 heavy (non-hydrogen) atoms. The van der Waals surface area contributed by atoms with E-state index in [2.05, 4.69) is 31.4 Å². The predicted octanol–water partition coefficient (Wildman–Crippen LogP) is 2.40. The van der Waals surface area contributed by atoms with Crippen LogP contribution in [0.4, 0.5) is 0 Å². The Labute approximate surface area is 95.2 Å². The van der Waals surface area contributed by atoms with E-state index in [0.717, 1.165) is 12.5 Å². The van der Waals surface area contributed by atoms with E-state index in [1.54, 1.807) is 0 Å². The van der Waals surface area contributed by atoms with Crippen LogP contribution >= 0.6 is 0 Å². The van der Waals surface area contributed by atoms with Crippen LogP contribution in [-0.4, -0.2) is 26.2 Å². The van der Waals surface area contributed by atoms with Crippen LogP contribution in [0.3, 0.4) is 0 Å². The van der Waals surface area contributed by atoms with Gasteiger partial charge in [0.2, 0.25) is 0 Å². The quantitative estimate of drug-likeness (QED) is 0.731. The summed E-state index contributed by atoms with van der Waals surface area (Å²) < 4.78 is 0. The van der Waals surface area contributed by atoms with E-state index in [0.29, 0.717) is 11.5 Å². The summed E-state index contributed by atoms with van der Waals surface area (Å²) in [6.45, 7) is 9.37. The van der Waals surface area contributed by atoms with Gasteiger partial charge in [-0.15, -0.1) is 0 Å². The molecule has 1 aliphatic rings. The minimum Gasteiger partial charge on any atom is -0.318 e. The van der Waals surface area contributed by atoms with Gasteiger partial charge in [-0.1, -0.05) is 26.7 Å². The molecular formula is C13H28N2. The van der Waals surface area contributed by atoms with Crippen molar-refractivity contribution in [3.05, 3.63) is 0 Å². The van der Waals surface area contributed by atoms with E-state index >= 15 is 0 Å². The zero-order valence-corrected chi connectivity index (χ0v) is 10.9. The van der Waals surface area contributed by atoms with Crippen LogP contribution < -0.4 is 10.6 Å². The number of hydrogen-bond acceptors (Lipinski definition) is 2. The maximum Gasteiger partial charge on any atom is 0.0164 e. The Kier molecular flexibility index (Phi) is 5.07. The van der Waals surface area contributed by atoms with Gasteiger partial charge < -0.3 is 10.6 Å². The molecule has 0 bridgehead atoms. The molecule has 0 radical (unpaired) electrons. The molecule has 2 nitrogen and oxygen atoms in total. The van der Waals surface area contributed by atoms with Gasteiger partial charge in [-0.3, -0.25) is 0 Å². The Morgan fingerprint density at radius 1 is 1.33 bits per heavy atom. The molecule has 0 aromatic heterocycles. The normalized spacial score (nSPS) is 27.6. The average molecular weight is 212 g/mol. The second-order valence-electron chi connectivity index (χ2n) is 5.80. The fourth-order valence-electron chi connectivity index (χ4n) is 2.67. The maximum atomic E-state index is 3.65. The summed E-state index contributed by atoms with van der Waals surface area (Å²) in [7, 11) is 2.02. The summed E-state index contributed by atoms with van der Waals surface area (Å²) >= 11 is 0. The third-order valence-electron chi connectivity index (χ3n) is 3.95. The summed E-state index contributed by atoms with van der Waals surface area (Å²) in [6, 6.07) is 0.590. The monoisotopic (exact) mass is 212 g/mol. The minimum absolute atomic E-state index is 0.546.